The lowest BCUT2D eigenvalue weighted by Gasteiger charge is -2.14. The predicted octanol–water partition coefficient (Wildman–Crippen LogP) is 0.649. The van der Waals surface area contributed by atoms with E-state index in [1.54, 1.807) is 25.2 Å². The lowest BCUT2D eigenvalue weighted by atomic mass is 10.3. The van der Waals surface area contributed by atoms with Gasteiger partial charge in [0.1, 0.15) is 11.5 Å². The number of hydrogen-bond acceptors (Lipinski definition) is 4. The Labute approximate surface area is 88.1 Å². The van der Waals surface area contributed by atoms with Gasteiger partial charge in [0.25, 0.3) is 5.91 Å². The minimum Gasteiger partial charge on any atom is -0.384 e. The van der Waals surface area contributed by atoms with Crippen LogP contribution >= 0.6 is 0 Å². The summed E-state index contributed by atoms with van der Waals surface area (Å²) in [5, 5.41) is 8.39. The highest BCUT2D eigenvalue weighted by Crippen LogP contribution is 2.03. The molecule has 1 heterocycles. The highest BCUT2D eigenvalue weighted by Gasteiger charge is 2.12. The Bertz CT molecular complexity index is 397. The average Bonchev–Trinajstić information content (AvgIpc) is 2.24. The zero-order chi connectivity index (χ0) is 11.3. The molecule has 5 heteroatoms. The Morgan fingerprint density at radius 1 is 1.67 bits per heavy atom. The van der Waals surface area contributed by atoms with Crippen molar-refractivity contribution < 1.29 is 4.79 Å². The maximum atomic E-state index is 11.7. The van der Waals surface area contributed by atoms with Gasteiger partial charge in [-0.15, -0.1) is 0 Å². The van der Waals surface area contributed by atoms with Gasteiger partial charge < -0.3 is 10.6 Å². The van der Waals surface area contributed by atoms with Gasteiger partial charge in [0.05, 0.1) is 12.5 Å². The first kappa shape index (κ1) is 11.0. The first-order valence-corrected chi connectivity index (χ1v) is 4.50. The number of nitriles is 1. The minimum atomic E-state index is -0.224. The maximum absolute atomic E-state index is 11.7. The molecule has 1 aromatic rings. The molecule has 5 nitrogen and oxygen atoms in total. The van der Waals surface area contributed by atoms with Crippen molar-refractivity contribution in [1.82, 2.24) is 9.88 Å². The Morgan fingerprint density at radius 3 is 3.00 bits per heavy atom. The van der Waals surface area contributed by atoms with Crippen molar-refractivity contribution >= 4 is 11.7 Å². The van der Waals surface area contributed by atoms with Gasteiger partial charge in [0.15, 0.2) is 0 Å². The van der Waals surface area contributed by atoms with E-state index in [9.17, 15) is 4.79 Å². The van der Waals surface area contributed by atoms with Crippen molar-refractivity contribution in [3.8, 4) is 6.07 Å². The van der Waals surface area contributed by atoms with Gasteiger partial charge in [-0.1, -0.05) is 6.07 Å². The molecule has 78 valence electrons. The van der Waals surface area contributed by atoms with Crippen LogP contribution in [0.4, 0.5) is 5.82 Å². The van der Waals surface area contributed by atoms with Crippen molar-refractivity contribution in [2.45, 2.75) is 6.42 Å². The summed E-state index contributed by atoms with van der Waals surface area (Å²) in [5.41, 5.74) is 5.76. The van der Waals surface area contributed by atoms with Crippen LogP contribution in [0.1, 0.15) is 16.9 Å². The number of hydrogen-bond donors (Lipinski definition) is 1. The SMILES string of the molecule is CN(CCC#N)C(=O)c1cccc(N)n1. The minimum absolute atomic E-state index is 0.224. The quantitative estimate of drug-likeness (QED) is 0.783. The van der Waals surface area contributed by atoms with E-state index < -0.39 is 0 Å². The van der Waals surface area contributed by atoms with E-state index in [0.717, 1.165) is 0 Å². The molecule has 0 spiro atoms. The molecule has 2 N–H and O–H groups in total. The number of amides is 1. The van der Waals surface area contributed by atoms with Gasteiger partial charge in [-0.25, -0.2) is 4.98 Å². The average molecular weight is 204 g/mol. The Morgan fingerprint density at radius 2 is 2.40 bits per heavy atom. The van der Waals surface area contributed by atoms with E-state index in [1.807, 2.05) is 6.07 Å². The molecule has 15 heavy (non-hydrogen) atoms. The van der Waals surface area contributed by atoms with Gasteiger partial charge in [0.2, 0.25) is 0 Å². The molecule has 0 bridgehead atoms. The molecule has 0 atom stereocenters. The topological polar surface area (TPSA) is 83.0 Å². The molecular formula is C10H12N4O. The molecule has 0 fully saturated rings. The highest BCUT2D eigenvalue weighted by molar-refractivity contribution is 5.92. The van der Waals surface area contributed by atoms with Gasteiger partial charge >= 0.3 is 0 Å². The van der Waals surface area contributed by atoms with Crippen LogP contribution in [-0.4, -0.2) is 29.4 Å². The molecule has 1 rings (SSSR count). The predicted molar refractivity (Wildman–Crippen MR) is 55.8 cm³/mol. The Hall–Kier alpha value is -2.09. The Balaban J connectivity index is 2.72. The van der Waals surface area contributed by atoms with Crippen LogP contribution < -0.4 is 5.73 Å². The monoisotopic (exact) mass is 204 g/mol. The van der Waals surface area contributed by atoms with Crippen molar-refractivity contribution in [2.24, 2.45) is 0 Å². The van der Waals surface area contributed by atoms with Gasteiger partial charge in [-0.2, -0.15) is 5.26 Å². The number of aromatic nitrogens is 1. The number of anilines is 1. The molecule has 0 aliphatic carbocycles. The summed E-state index contributed by atoms with van der Waals surface area (Å²) in [5.74, 6) is 0.0899. The molecule has 0 saturated heterocycles. The highest BCUT2D eigenvalue weighted by atomic mass is 16.2. The summed E-state index contributed by atoms with van der Waals surface area (Å²) in [4.78, 5) is 17.1. The zero-order valence-electron chi connectivity index (χ0n) is 8.47. The fourth-order valence-electron chi connectivity index (χ4n) is 1.09. The van der Waals surface area contributed by atoms with Crippen LogP contribution in [0, 0.1) is 11.3 Å². The number of nitrogen functional groups attached to an aromatic ring is 1. The lowest BCUT2D eigenvalue weighted by molar-refractivity contribution is 0.0792. The van der Waals surface area contributed by atoms with E-state index in [-0.39, 0.29) is 5.91 Å². The first-order valence-electron chi connectivity index (χ1n) is 4.50. The second-order valence-corrected chi connectivity index (χ2v) is 3.08. The first-order chi connectivity index (χ1) is 7.15. The molecule has 0 saturated carbocycles. The summed E-state index contributed by atoms with van der Waals surface area (Å²) >= 11 is 0. The molecule has 0 aliphatic rings. The molecule has 1 aromatic heterocycles. The van der Waals surface area contributed by atoms with Gasteiger partial charge in [0, 0.05) is 13.6 Å². The third-order valence-corrected chi connectivity index (χ3v) is 1.90. The normalized spacial score (nSPS) is 9.33. The molecule has 1 amide bonds. The summed E-state index contributed by atoms with van der Waals surface area (Å²) in [6, 6.07) is 6.87. The summed E-state index contributed by atoms with van der Waals surface area (Å²) in [6.07, 6.45) is 0.310. The van der Waals surface area contributed by atoms with Crippen LogP contribution in [0.2, 0.25) is 0 Å². The van der Waals surface area contributed by atoms with Crippen molar-refractivity contribution in [2.75, 3.05) is 19.3 Å². The van der Waals surface area contributed by atoms with Crippen LogP contribution in [-0.2, 0) is 0 Å². The van der Waals surface area contributed by atoms with Crippen LogP contribution in [0.25, 0.3) is 0 Å². The van der Waals surface area contributed by atoms with Crippen LogP contribution in [0.5, 0.6) is 0 Å². The van der Waals surface area contributed by atoms with Gasteiger partial charge in [-0.3, -0.25) is 4.79 Å². The number of nitrogens with two attached hydrogens (primary N) is 1. The molecule has 0 aromatic carbocycles. The fourth-order valence-corrected chi connectivity index (χ4v) is 1.09. The second kappa shape index (κ2) is 4.96. The van der Waals surface area contributed by atoms with Crippen molar-refractivity contribution in [3.63, 3.8) is 0 Å². The standard InChI is InChI=1S/C10H12N4O/c1-14(7-3-6-11)10(15)8-4-2-5-9(12)13-8/h2,4-5H,3,7H2,1H3,(H2,12,13). The second-order valence-electron chi connectivity index (χ2n) is 3.08. The fraction of sp³-hybridized carbons (Fsp3) is 0.300. The number of rotatable bonds is 3. The lowest BCUT2D eigenvalue weighted by Crippen LogP contribution is -2.28. The summed E-state index contributed by atoms with van der Waals surface area (Å²) in [7, 11) is 1.63. The Kier molecular flexibility index (Phi) is 3.63. The van der Waals surface area contributed by atoms with Crippen molar-refractivity contribution in [1.29, 1.82) is 5.26 Å². The number of nitrogens with zero attached hydrogens (tertiary/aromatic N) is 3. The van der Waals surface area contributed by atoms with Crippen LogP contribution in [0.3, 0.4) is 0 Å². The van der Waals surface area contributed by atoms with Crippen LogP contribution in [0.15, 0.2) is 18.2 Å². The smallest absolute Gasteiger partial charge is 0.272 e. The number of carbonyl (C=O) groups is 1. The van der Waals surface area contributed by atoms with E-state index in [1.165, 1.54) is 4.90 Å². The van der Waals surface area contributed by atoms with E-state index in [0.29, 0.717) is 24.5 Å². The van der Waals surface area contributed by atoms with Crippen molar-refractivity contribution in [3.05, 3.63) is 23.9 Å². The van der Waals surface area contributed by atoms with Gasteiger partial charge in [-0.05, 0) is 12.1 Å². The van der Waals surface area contributed by atoms with E-state index >= 15 is 0 Å². The van der Waals surface area contributed by atoms with E-state index in [2.05, 4.69) is 4.98 Å². The number of carbonyl (C=O) groups excluding carboxylic acids is 1. The molecule has 0 aliphatic heterocycles. The van der Waals surface area contributed by atoms with E-state index in [4.69, 9.17) is 11.0 Å². The number of pyridine rings is 1. The molecule has 0 radical (unpaired) electrons. The largest absolute Gasteiger partial charge is 0.384 e. The maximum Gasteiger partial charge on any atom is 0.272 e. The summed E-state index contributed by atoms with van der Waals surface area (Å²) in [6.45, 7) is 0.395. The zero-order valence-corrected chi connectivity index (χ0v) is 8.47. The third kappa shape index (κ3) is 2.95. The third-order valence-electron chi connectivity index (χ3n) is 1.90. The molecule has 0 unspecified atom stereocenters. The molecular weight excluding hydrogens is 192 g/mol. The summed E-state index contributed by atoms with van der Waals surface area (Å²) < 4.78 is 0.